The van der Waals surface area contributed by atoms with Crippen molar-refractivity contribution in [3.05, 3.63) is 0 Å². The summed E-state index contributed by atoms with van der Waals surface area (Å²) < 4.78 is 5.70. The van der Waals surface area contributed by atoms with Crippen molar-refractivity contribution in [2.75, 3.05) is 26.7 Å². The van der Waals surface area contributed by atoms with Crippen LogP contribution in [0.15, 0.2) is 0 Å². The Morgan fingerprint density at radius 3 is 2.86 bits per heavy atom. The van der Waals surface area contributed by atoms with E-state index >= 15 is 0 Å². The van der Waals surface area contributed by atoms with Gasteiger partial charge in [-0.25, -0.2) is 5.01 Å². The van der Waals surface area contributed by atoms with Crippen LogP contribution in [-0.2, 0) is 14.3 Å². The van der Waals surface area contributed by atoms with Gasteiger partial charge < -0.3 is 15.0 Å². The summed E-state index contributed by atoms with van der Waals surface area (Å²) in [5, 5.41) is 4.89. The van der Waals surface area contributed by atoms with Gasteiger partial charge in [0.2, 0.25) is 11.8 Å². The van der Waals surface area contributed by atoms with Crippen LogP contribution in [0.5, 0.6) is 0 Å². The summed E-state index contributed by atoms with van der Waals surface area (Å²) in [6.07, 6.45) is 3.11. The molecule has 0 aromatic carbocycles. The first-order valence-corrected chi connectivity index (χ1v) is 8.29. The zero-order valence-corrected chi connectivity index (χ0v) is 13.4. The molecule has 3 aliphatic rings. The van der Waals surface area contributed by atoms with Gasteiger partial charge in [-0.1, -0.05) is 6.92 Å². The van der Waals surface area contributed by atoms with Crippen LogP contribution in [0.25, 0.3) is 0 Å². The number of hydrogen-bond acceptors (Lipinski definition) is 5. The first-order valence-electron chi connectivity index (χ1n) is 8.29. The Hall–Kier alpha value is -1.18. The number of ether oxygens (including phenoxy) is 1. The minimum atomic E-state index is -0.386. The third kappa shape index (κ3) is 3.11. The van der Waals surface area contributed by atoms with Crippen LogP contribution in [0.1, 0.15) is 32.6 Å². The molecule has 3 aliphatic heterocycles. The molecule has 0 aromatic rings. The molecule has 3 saturated heterocycles. The molecule has 3 heterocycles. The lowest BCUT2D eigenvalue weighted by Crippen LogP contribution is -2.48. The molecule has 2 N–H and O–H groups in total. The molecule has 22 heavy (non-hydrogen) atoms. The van der Waals surface area contributed by atoms with Crippen molar-refractivity contribution in [3.8, 4) is 0 Å². The smallest absolute Gasteiger partial charge is 0.249 e. The Labute approximate surface area is 131 Å². The molecule has 0 aromatic heterocycles. The molecule has 7 heteroatoms. The largest absolute Gasteiger partial charge is 0.365 e. The second-order valence-electron chi connectivity index (χ2n) is 6.51. The van der Waals surface area contributed by atoms with Gasteiger partial charge in [-0.3, -0.25) is 15.0 Å². The molecular weight excluding hydrogens is 284 g/mol. The molecule has 0 radical (unpaired) electrons. The van der Waals surface area contributed by atoms with Gasteiger partial charge in [0, 0.05) is 26.7 Å². The van der Waals surface area contributed by atoms with Crippen LogP contribution < -0.4 is 10.7 Å². The van der Waals surface area contributed by atoms with Crippen LogP contribution in [0, 0.1) is 0 Å². The molecular formula is C15H26N4O3. The fraction of sp³-hybridized carbons (Fsp3) is 0.867. The lowest BCUT2D eigenvalue weighted by atomic mass is 10.1. The van der Waals surface area contributed by atoms with E-state index in [1.807, 2.05) is 17.0 Å². The van der Waals surface area contributed by atoms with Gasteiger partial charge in [-0.2, -0.15) is 0 Å². The minimum absolute atomic E-state index is 0.0421. The summed E-state index contributed by atoms with van der Waals surface area (Å²) in [4.78, 5) is 26.6. The fourth-order valence-electron chi connectivity index (χ4n) is 3.58. The van der Waals surface area contributed by atoms with Crippen molar-refractivity contribution in [2.24, 2.45) is 0 Å². The topological polar surface area (TPSA) is 73.9 Å². The van der Waals surface area contributed by atoms with Crippen molar-refractivity contribution >= 4 is 11.8 Å². The van der Waals surface area contributed by atoms with E-state index in [0.717, 1.165) is 32.4 Å². The highest BCUT2D eigenvalue weighted by Gasteiger charge is 2.40. The Kier molecular flexibility index (Phi) is 4.65. The van der Waals surface area contributed by atoms with Gasteiger partial charge in [0.15, 0.2) is 0 Å². The lowest BCUT2D eigenvalue weighted by molar-refractivity contribution is -0.138. The minimum Gasteiger partial charge on any atom is -0.365 e. The average Bonchev–Trinajstić information content (AvgIpc) is 3.20. The second kappa shape index (κ2) is 6.52. The molecule has 124 valence electrons. The third-order valence-electron chi connectivity index (χ3n) is 4.93. The summed E-state index contributed by atoms with van der Waals surface area (Å²) >= 11 is 0. The maximum absolute atomic E-state index is 12.5. The van der Waals surface area contributed by atoms with E-state index in [2.05, 4.69) is 17.7 Å². The van der Waals surface area contributed by atoms with Gasteiger partial charge >= 0.3 is 0 Å². The first kappa shape index (κ1) is 15.7. The molecule has 3 fully saturated rings. The average molecular weight is 310 g/mol. The fourth-order valence-corrected chi connectivity index (χ4v) is 3.58. The van der Waals surface area contributed by atoms with E-state index in [-0.39, 0.29) is 36.1 Å². The summed E-state index contributed by atoms with van der Waals surface area (Å²) in [6, 6.07) is -0.186. The normalized spacial score (nSPS) is 36.3. The van der Waals surface area contributed by atoms with Crippen LogP contribution in [0.3, 0.4) is 0 Å². The maximum Gasteiger partial charge on any atom is 0.249 e. The highest BCUT2D eigenvalue weighted by atomic mass is 16.5. The Morgan fingerprint density at radius 2 is 2.23 bits per heavy atom. The zero-order valence-electron chi connectivity index (χ0n) is 13.4. The number of likely N-dealkylation sites (tertiary alicyclic amines) is 1. The molecule has 2 amide bonds. The van der Waals surface area contributed by atoms with Crippen LogP contribution in [0.2, 0.25) is 0 Å². The van der Waals surface area contributed by atoms with Crippen LogP contribution in [-0.4, -0.2) is 72.7 Å². The van der Waals surface area contributed by atoms with Crippen molar-refractivity contribution in [3.63, 3.8) is 0 Å². The van der Waals surface area contributed by atoms with Crippen LogP contribution in [0.4, 0.5) is 0 Å². The zero-order chi connectivity index (χ0) is 15.7. The molecule has 0 aliphatic carbocycles. The number of hydrazine groups is 1. The molecule has 0 bridgehead atoms. The molecule has 0 saturated carbocycles. The Morgan fingerprint density at radius 1 is 1.41 bits per heavy atom. The van der Waals surface area contributed by atoms with Gasteiger partial charge in [-0.15, -0.1) is 0 Å². The predicted molar refractivity (Wildman–Crippen MR) is 80.9 cm³/mol. The third-order valence-corrected chi connectivity index (χ3v) is 4.93. The van der Waals surface area contributed by atoms with Crippen molar-refractivity contribution in [1.29, 1.82) is 0 Å². The van der Waals surface area contributed by atoms with E-state index in [0.29, 0.717) is 13.0 Å². The number of carbonyl (C=O) groups is 2. The van der Waals surface area contributed by atoms with E-state index in [9.17, 15) is 9.59 Å². The number of carbonyl (C=O) groups excluding carboxylic acids is 2. The van der Waals surface area contributed by atoms with Crippen molar-refractivity contribution in [2.45, 2.75) is 56.9 Å². The van der Waals surface area contributed by atoms with E-state index < -0.39 is 0 Å². The number of hydrogen-bond donors (Lipinski definition) is 2. The molecule has 0 spiro atoms. The summed E-state index contributed by atoms with van der Waals surface area (Å²) in [5.41, 5.74) is 3.21. The summed E-state index contributed by atoms with van der Waals surface area (Å²) in [5.74, 6) is -0.0849. The molecule has 7 nitrogen and oxygen atoms in total. The van der Waals surface area contributed by atoms with E-state index in [1.165, 1.54) is 0 Å². The van der Waals surface area contributed by atoms with E-state index in [1.54, 1.807) is 0 Å². The SMILES string of the molecule is CCC1CCC(C(=O)N[C@H]2CCN(C3CNN(C)C3)C2=O)O1. The second-order valence-corrected chi connectivity index (χ2v) is 6.51. The summed E-state index contributed by atoms with van der Waals surface area (Å²) in [7, 11) is 1.97. The standard InChI is InChI=1S/C15H26N4O3/c1-3-11-4-5-13(22-11)14(20)17-12-6-7-19(15(12)21)10-8-16-18(2)9-10/h10-13,16H,3-9H2,1-2H3,(H,17,20)/t10?,11?,12-,13?/m0/s1. The van der Waals surface area contributed by atoms with Gasteiger partial charge in [-0.05, 0) is 25.7 Å². The predicted octanol–water partition coefficient (Wildman–Crippen LogP) is -0.520. The molecule has 3 unspecified atom stereocenters. The van der Waals surface area contributed by atoms with Gasteiger partial charge in [0.1, 0.15) is 12.1 Å². The highest BCUT2D eigenvalue weighted by molar-refractivity contribution is 5.91. The van der Waals surface area contributed by atoms with Gasteiger partial charge in [0.25, 0.3) is 0 Å². The molecule has 3 rings (SSSR count). The Bertz CT molecular complexity index is 445. The molecule has 4 atom stereocenters. The number of likely N-dealkylation sites (N-methyl/N-ethyl adjacent to an activating group) is 1. The Balaban J connectivity index is 1.51. The number of nitrogens with one attached hydrogen (secondary N) is 2. The lowest BCUT2D eigenvalue weighted by Gasteiger charge is -2.23. The maximum atomic E-state index is 12.5. The summed E-state index contributed by atoms with van der Waals surface area (Å²) in [6.45, 7) is 4.40. The van der Waals surface area contributed by atoms with Gasteiger partial charge in [0.05, 0.1) is 12.1 Å². The van der Waals surface area contributed by atoms with Crippen molar-refractivity contribution < 1.29 is 14.3 Å². The van der Waals surface area contributed by atoms with Crippen LogP contribution >= 0.6 is 0 Å². The van der Waals surface area contributed by atoms with E-state index in [4.69, 9.17) is 4.74 Å². The van der Waals surface area contributed by atoms with Crippen molar-refractivity contribution in [1.82, 2.24) is 20.7 Å². The number of nitrogens with zero attached hydrogens (tertiary/aromatic N) is 2. The number of amides is 2. The number of rotatable bonds is 4. The highest BCUT2D eigenvalue weighted by Crippen LogP contribution is 2.23. The quantitative estimate of drug-likeness (QED) is 0.731. The monoisotopic (exact) mass is 310 g/mol. The first-order chi connectivity index (χ1) is 10.6.